The number of halogens is 2. The second kappa shape index (κ2) is 8.37. The summed E-state index contributed by atoms with van der Waals surface area (Å²) in [7, 11) is 0. The van der Waals surface area contributed by atoms with Gasteiger partial charge in [0.05, 0.1) is 0 Å². The van der Waals surface area contributed by atoms with E-state index >= 15 is 8.78 Å². The molecule has 0 amide bonds. The summed E-state index contributed by atoms with van der Waals surface area (Å²) < 4.78 is 39.3. The maximum atomic E-state index is 15.2. The molecule has 1 aromatic heterocycles. The maximum absolute atomic E-state index is 15.2. The van der Waals surface area contributed by atoms with Crippen LogP contribution in [0.1, 0.15) is 56.0 Å². The number of likely N-dealkylation sites (tertiary alicyclic amines) is 1. The number of piperidine rings is 1. The molecule has 1 aliphatic carbocycles. The van der Waals surface area contributed by atoms with Gasteiger partial charge in [0.1, 0.15) is 0 Å². The van der Waals surface area contributed by atoms with Crippen LogP contribution >= 0.6 is 11.3 Å². The van der Waals surface area contributed by atoms with Crippen molar-refractivity contribution >= 4 is 30.9 Å². The van der Waals surface area contributed by atoms with Crippen molar-refractivity contribution < 1.29 is 26.4 Å². The third kappa shape index (κ3) is 3.25. The molecule has 0 spiro atoms. The van der Waals surface area contributed by atoms with Gasteiger partial charge in [0.15, 0.2) is 0 Å². The van der Waals surface area contributed by atoms with Crippen LogP contribution in [0.4, 0.5) is 8.78 Å². The molecule has 2 aromatic carbocycles. The second-order valence-corrected chi connectivity index (χ2v) is 13.7. The van der Waals surface area contributed by atoms with Crippen LogP contribution < -0.4 is 4.22 Å². The van der Waals surface area contributed by atoms with E-state index in [0.717, 1.165) is 36.3 Å². The molecule has 1 fully saturated rings. The Labute approximate surface area is 198 Å². The summed E-state index contributed by atoms with van der Waals surface area (Å²) in [5.41, 5.74) is 3.91. The number of fused-ring (bicyclic) bond motifs is 3. The molecule has 1 atom stereocenters. The summed E-state index contributed by atoms with van der Waals surface area (Å²) in [6, 6.07) is 12.6. The molecule has 0 bridgehead atoms. The fraction of sp³-hybridized carbons (Fsp3) is 0.346. The monoisotopic (exact) mass is 486 g/mol. The Bertz CT molecular complexity index is 1270. The van der Waals surface area contributed by atoms with Gasteiger partial charge in [0.2, 0.25) is 0 Å². The van der Waals surface area contributed by atoms with Crippen LogP contribution in [0.2, 0.25) is 0 Å². The quantitative estimate of drug-likeness (QED) is 0.437. The topological polar surface area (TPSA) is 29.3 Å². The van der Waals surface area contributed by atoms with E-state index in [9.17, 15) is 0 Å². The fourth-order valence-electron chi connectivity index (χ4n) is 5.42. The van der Waals surface area contributed by atoms with Gasteiger partial charge in [-0.2, -0.15) is 0 Å². The zero-order valence-electron chi connectivity index (χ0n) is 18.8. The second-order valence-electron chi connectivity index (χ2n) is 9.08. The summed E-state index contributed by atoms with van der Waals surface area (Å²) in [6.07, 6.45) is 3.21. The van der Waals surface area contributed by atoms with E-state index in [1.54, 1.807) is 0 Å². The first-order valence-electron chi connectivity index (χ1n) is 11.3. The molecule has 32 heavy (non-hydrogen) atoms. The summed E-state index contributed by atoms with van der Waals surface area (Å²) in [5.74, 6) is -1.01. The van der Waals surface area contributed by atoms with Crippen LogP contribution in [0.15, 0.2) is 48.0 Å². The number of nitrogens with two attached hydrogens (primary N) is 1. The van der Waals surface area contributed by atoms with Gasteiger partial charge < -0.3 is 0 Å². The van der Waals surface area contributed by atoms with E-state index in [-0.39, 0.29) is 9.28 Å². The summed E-state index contributed by atoms with van der Waals surface area (Å²) in [5, 5.41) is 1.23. The van der Waals surface area contributed by atoms with Gasteiger partial charge in [-0.15, -0.1) is 0 Å². The third-order valence-corrected chi connectivity index (χ3v) is 13.0. The molecule has 3 aromatic rings. The van der Waals surface area contributed by atoms with Crippen LogP contribution in [-0.2, 0) is 21.4 Å². The fourth-order valence-corrected chi connectivity index (χ4v) is 11.1. The number of hydrogen-bond acceptors (Lipinski definition) is 3. The van der Waals surface area contributed by atoms with Crippen LogP contribution in [0.5, 0.6) is 0 Å². The molecule has 6 heteroatoms. The molecular formula is C26H28F2N2STi. The molecule has 166 valence electrons. The molecule has 0 saturated carbocycles. The number of allylic oxidation sites excluding steroid dienone is 2. The third-order valence-electron chi connectivity index (χ3n) is 7.41. The molecule has 2 heterocycles. The summed E-state index contributed by atoms with van der Waals surface area (Å²) >= 11 is -0.997. The Morgan fingerprint density at radius 2 is 1.66 bits per heavy atom. The Morgan fingerprint density at radius 1 is 1.00 bits per heavy atom. The van der Waals surface area contributed by atoms with Crippen LogP contribution in [-0.4, -0.2) is 21.9 Å². The minimum absolute atomic E-state index is 0.103. The van der Waals surface area contributed by atoms with Crippen molar-refractivity contribution in [3.63, 3.8) is 0 Å². The predicted molar refractivity (Wildman–Crippen MR) is 128 cm³/mol. The molecule has 0 radical (unpaired) electrons. The first-order valence-corrected chi connectivity index (χ1v) is 14.5. The van der Waals surface area contributed by atoms with Crippen LogP contribution in [0, 0.1) is 11.6 Å². The van der Waals surface area contributed by atoms with Crippen molar-refractivity contribution in [2.24, 2.45) is 4.22 Å². The Kier molecular flexibility index (Phi) is 5.84. The van der Waals surface area contributed by atoms with E-state index in [4.69, 9.17) is 4.22 Å². The number of nitrogens with zero attached hydrogens (tertiary/aromatic N) is 1. The molecular weight excluding hydrogens is 458 g/mol. The van der Waals surface area contributed by atoms with E-state index < -0.39 is 29.3 Å². The standard InChI is InChI=1S/C14H13S.C12H13F2N.H2N.Ti/c1-8-9(2)13-11-6-4-5-7-12(11)15-14(13)10(8)3;13-11-5-4-6-12(14)10(11)9-15-7-2-1-3-8-15;;/h4-7H,1-3H3;4-6H,1-3,7-8H2;1H2;/q;;-1;+1. The summed E-state index contributed by atoms with van der Waals surface area (Å²) in [6.45, 7) is 8.19. The number of rotatable bonds is 3. The normalized spacial score (nSPS) is 22.4. The Morgan fingerprint density at radius 3 is 2.34 bits per heavy atom. The van der Waals surface area contributed by atoms with Crippen molar-refractivity contribution in [2.75, 3.05) is 13.1 Å². The predicted octanol–water partition coefficient (Wildman–Crippen LogP) is 6.36. The Hall–Kier alpha value is -1.50. The first-order chi connectivity index (χ1) is 15.4. The van der Waals surface area contributed by atoms with Gasteiger partial charge in [-0.25, -0.2) is 0 Å². The summed E-state index contributed by atoms with van der Waals surface area (Å²) in [4.78, 5) is 3.49. The van der Waals surface area contributed by atoms with E-state index in [1.807, 2.05) is 11.3 Å². The van der Waals surface area contributed by atoms with Gasteiger partial charge in [-0.3, -0.25) is 0 Å². The minimum atomic E-state index is -2.81. The van der Waals surface area contributed by atoms with Crippen molar-refractivity contribution in [3.8, 4) is 0 Å². The zero-order chi connectivity index (χ0) is 22.6. The number of thiophene rings is 1. The zero-order valence-corrected chi connectivity index (χ0v) is 21.1. The number of hydrogen-bond donors (Lipinski definition) is 1. The first kappa shape index (κ1) is 22.3. The van der Waals surface area contributed by atoms with Crippen molar-refractivity contribution in [2.45, 2.75) is 43.8 Å². The molecule has 1 unspecified atom stereocenters. The van der Waals surface area contributed by atoms with Gasteiger partial charge >= 0.3 is 199 Å². The van der Waals surface area contributed by atoms with Gasteiger partial charge in [-0.1, -0.05) is 0 Å². The SMILES string of the molecule is CC1=C(C)[C](C)([Ti]([NH2])=[C](c2c(F)cccc2F)N2CCCCC2)c2c1sc1ccccc21. The molecule has 5 rings (SSSR count). The van der Waals surface area contributed by atoms with Gasteiger partial charge in [0.25, 0.3) is 0 Å². The van der Waals surface area contributed by atoms with Crippen LogP contribution in [0.25, 0.3) is 15.7 Å². The Balaban J connectivity index is 1.84. The van der Waals surface area contributed by atoms with Gasteiger partial charge in [0, 0.05) is 0 Å². The van der Waals surface area contributed by atoms with E-state index in [1.165, 1.54) is 49.9 Å². The molecule has 2 N–H and O–H groups in total. The van der Waals surface area contributed by atoms with E-state index in [0.29, 0.717) is 0 Å². The average Bonchev–Trinajstić information content (AvgIpc) is 3.27. The molecule has 2 nitrogen and oxygen atoms in total. The average molecular weight is 486 g/mol. The molecule has 1 saturated heterocycles. The van der Waals surface area contributed by atoms with Gasteiger partial charge in [-0.05, 0) is 0 Å². The number of benzene rings is 2. The molecule has 1 aliphatic heterocycles. The van der Waals surface area contributed by atoms with Crippen molar-refractivity contribution in [1.82, 2.24) is 4.90 Å². The van der Waals surface area contributed by atoms with E-state index in [2.05, 4.69) is 49.9 Å². The van der Waals surface area contributed by atoms with Crippen molar-refractivity contribution in [1.29, 1.82) is 0 Å². The molecule has 2 aliphatic rings. The van der Waals surface area contributed by atoms with Crippen molar-refractivity contribution in [3.05, 3.63) is 75.7 Å². The van der Waals surface area contributed by atoms with Crippen LogP contribution in [0.3, 0.4) is 0 Å².